The predicted octanol–water partition coefficient (Wildman–Crippen LogP) is 2.75. The van der Waals surface area contributed by atoms with Gasteiger partial charge in [0, 0.05) is 11.8 Å². The minimum atomic E-state index is -1.03. The Morgan fingerprint density at radius 1 is 0.947 bits per heavy atom. The first-order valence-electron chi connectivity index (χ1n) is 5.55. The summed E-state index contributed by atoms with van der Waals surface area (Å²) >= 11 is 0. The van der Waals surface area contributed by atoms with Gasteiger partial charge in [0.2, 0.25) is 0 Å². The first-order valence-corrected chi connectivity index (χ1v) is 5.55. The van der Waals surface area contributed by atoms with Crippen LogP contribution in [0.4, 0.5) is 0 Å². The highest BCUT2D eigenvalue weighted by Crippen LogP contribution is 2.27. The Labute approximate surface area is 110 Å². The second kappa shape index (κ2) is 5.45. The summed E-state index contributed by atoms with van der Waals surface area (Å²) in [5, 5.41) is 27.2. The maximum atomic E-state index is 9.29. The van der Waals surface area contributed by atoms with E-state index in [1.807, 2.05) is 48.5 Å². The first-order chi connectivity index (χ1) is 9.31. The molecule has 0 aliphatic heterocycles. The van der Waals surface area contributed by atoms with Gasteiger partial charge in [0.25, 0.3) is 0 Å². The minimum absolute atomic E-state index is 0.217. The summed E-state index contributed by atoms with van der Waals surface area (Å²) in [7, 11) is 0. The molecule has 0 amide bonds. The van der Waals surface area contributed by atoms with E-state index in [2.05, 4.69) is 4.98 Å². The second-order valence-corrected chi connectivity index (χ2v) is 3.79. The first kappa shape index (κ1) is 12.3. The SMILES string of the molecule is N#Cc1c(-c2ccccc2)ccnc1C(C#N)C#N. The van der Waals surface area contributed by atoms with Gasteiger partial charge in [0.1, 0.15) is 6.07 Å². The molecule has 2 rings (SSSR count). The van der Waals surface area contributed by atoms with Gasteiger partial charge < -0.3 is 0 Å². The van der Waals surface area contributed by atoms with E-state index >= 15 is 0 Å². The van der Waals surface area contributed by atoms with E-state index < -0.39 is 5.92 Å². The molecule has 0 saturated carbocycles. The van der Waals surface area contributed by atoms with Crippen LogP contribution in [-0.2, 0) is 0 Å². The van der Waals surface area contributed by atoms with Crippen LogP contribution in [0.25, 0.3) is 11.1 Å². The van der Waals surface area contributed by atoms with Gasteiger partial charge in [-0.3, -0.25) is 4.98 Å². The lowest BCUT2D eigenvalue weighted by molar-refractivity contribution is 1.00. The number of hydrogen-bond donors (Lipinski definition) is 0. The van der Waals surface area contributed by atoms with Crippen molar-refractivity contribution in [3.63, 3.8) is 0 Å². The number of nitrogens with zero attached hydrogens (tertiary/aromatic N) is 4. The normalized spacial score (nSPS) is 9.37. The molecule has 1 heterocycles. The molecule has 0 aliphatic carbocycles. The van der Waals surface area contributed by atoms with Crippen molar-refractivity contribution in [2.24, 2.45) is 0 Å². The van der Waals surface area contributed by atoms with Crippen molar-refractivity contribution in [3.8, 4) is 29.3 Å². The van der Waals surface area contributed by atoms with Gasteiger partial charge in [-0.2, -0.15) is 15.8 Å². The molecule has 0 N–H and O–H groups in total. The average molecular weight is 244 g/mol. The number of pyridine rings is 1. The quantitative estimate of drug-likeness (QED) is 0.812. The molecule has 1 aromatic carbocycles. The van der Waals surface area contributed by atoms with Crippen molar-refractivity contribution in [1.29, 1.82) is 15.8 Å². The summed E-state index contributed by atoms with van der Waals surface area (Å²) < 4.78 is 0. The van der Waals surface area contributed by atoms with Crippen molar-refractivity contribution >= 4 is 0 Å². The fraction of sp³-hybridized carbons (Fsp3) is 0.0667. The van der Waals surface area contributed by atoms with Crippen molar-refractivity contribution < 1.29 is 0 Å². The molecule has 0 aliphatic rings. The number of aromatic nitrogens is 1. The van der Waals surface area contributed by atoms with Crippen molar-refractivity contribution in [1.82, 2.24) is 4.98 Å². The Kier molecular flexibility index (Phi) is 3.53. The number of rotatable bonds is 2. The molecule has 4 heteroatoms. The molecule has 19 heavy (non-hydrogen) atoms. The zero-order valence-corrected chi connectivity index (χ0v) is 9.91. The summed E-state index contributed by atoms with van der Waals surface area (Å²) in [5.41, 5.74) is 2.04. The Bertz CT molecular complexity index is 701. The van der Waals surface area contributed by atoms with Crippen LogP contribution >= 0.6 is 0 Å². The summed E-state index contributed by atoms with van der Waals surface area (Å²) in [6, 6.07) is 16.8. The number of benzene rings is 1. The molecule has 0 radical (unpaired) electrons. The summed E-state index contributed by atoms with van der Waals surface area (Å²) in [6.07, 6.45) is 1.51. The molecule has 2 aromatic rings. The molecule has 0 spiro atoms. The lowest BCUT2D eigenvalue weighted by Gasteiger charge is -2.08. The topological polar surface area (TPSA) is 84.3 Å². The number of hydrogen-bond acceptors (Lipinski definition) is 4. The Morgan fingerprint density at radius 2 is 1.63 bits per heavy atom. The summed E-state index contributed by atoms with van der Waals surface area (Å²) in [6.45, 7) is 0. The fourth-order valence-corrected chi connectivity index (χ4v) is 1.82. The van der Waals surface area contributed by atoms with Crippen molar-refractivity contribution in [3.05, 3.63) is 53.9 Å². The monoisotopic (exact) mass is 244 g/mol. The maximum Gasteiger partial charge on any atom is 0.176 e. The lowest BCUT2D eigenvalue weighted by Crippen LogP contribution is -2.01. The fourth-order valence-electron chi connectivity index (χ4n) is 1.82. The molecule has 0 saturated heterocycles. The maximum absolute atomic E-state index is 9.29. The zero-order chi connectivity index (χ0) is 13.7. The van der Waals surface area contributed by atoms with Gasteiger partial charge in [-0.15, -0.1) is 0 Å². The summed E-state index contributed by atoms with van der Waals surface area (Å²) in [5.74, 6) is -1.03. The third kappa shape index (κ3) is 2.27. The predicted molar refractivity (Wildman–Crippen MR) is 68.4 cm³/mol. The molecule has 88 valence electrons. The second-order valence-electron chi connectivity index (χ2n) is 3.79. The highest BCUT2D eigenvalue weighted by molar-refractivity contribution is 5.71. The van der Waals surface area contributed by atoms with E-state index in [-0.39, 0.29) is 11.3 Å². The Hall–Kier alpha value is -3.16. The minimum Gasteiger partial charge on any atom is -0.257 e. The van der Waals surface area contributed by atoms with Gasteiger partial charge in [-0.05, 0) is 11.6 Å². The van der Waals surface area contributed by atoms with Gasteiger partial charge in [-0.25, -0.2) is 0 Å². The van der Waals surface area contributed by atoms with Crippen LogP contribution in [0.15, 0.2) is 42.6 Å². The smallest absolute Gasteiger partial charge is 0.176 e. The molecule has 0 atom stereocenters. The molecular weight excluding hydrogens is 236 g/mol. The van der Waals surface area contributed by atoms with Crippen LogP contribution < -0.4 is 0 Å². The third-order valence-corrected chi connectivity index (χ3v) is 2.71. The van der Waals surface area contributed by atoms with Gasteiger partial charge in [-0.1, -0.05) is 30.3 Å². The number of nitriles is 3. The van der Waals surface area contributed by atoms with Crippen molar-refractivity contribution in [2.45, 2.75) is 5.92 Å². The van der Waals surface area contributed by atoms with Crippen LogP contribution in [0.2, 0.25) is 0 Å². The standard InChI is InChI=1S/C15H8N4/c16-8-12(9-17)15-14(10-18)13(6-7-19-15)11-4-2-1-3-5-11/h1-7,12H. The van der Waals surface area contributed by atoms with E-state index in [1.54, 1.807) is 6.07 Å². The zero-order valence-electron chi connectivity index (χ0n) is 9.91. The van der Waals surface area contributed by atoms with E-state index in [9.17, 15) is 5.26 Å². The highest BCUT2D eigenvalue weighted by atomic mass is 14.7. The molecule has 4 nitrogen and oxygen atoms in total. The average Bonchev–Trinajstić information content (AvgIpc) is 2.49. The van der Waals surface area contributed by atoms with E-state index in [4.69, 9.17) is 10.5 Å². The van der Waals surface area contributed by atoms with E-state index in [0.29, 0.717) is 5.56 Å². The third-order valence-electron chi connectivity index (χ3n) is 2.71. The van der Waals surface area contributed by atoms with Crippen LogP contribution in [-0.4, -0.2) is 4.98 Å². The molecular formula is C15H8N4. The lowest BCUT2D eigenvalue weighted by atomic mass is 9.95. The van der Waals surface area contributed by atoms with Crippen LogP contribution in [0.1, 0.15) is 17.2 Å². The highest BCUT2D eigenvalue weighted by Gasteiger charge is 2.19. The van der Waals surface area contributed by atoms with Gasteiger partial charge in [0.05, 0.1) is 23.4 Å². The Morgan fingerprint density at radius 3 is 2.21 bits per heavy atom. The van der Waals surface area contributed by atoms with Crippen molar-refractivity contribution in [2.75, 3.05) is 0 Å². The van der Waals surface area contributed by atoms with Crippen LogP contribution in [0, 0.1) is 34.0 Å². The largest absolute Gasteiger partial charge is 0.257 e. The van der Waals surface area contributed by atoms with Gasteiger partial charge in [0.15, 0.2) is 5.92 Å². The van der Waals surface area contributed by atoms with Crippen LogP contribution in [0.3, 0.4) is 0 Å². The van der Waals surface area contributed by atoms with E-state index in [1.165, 1.54) is 6.20 Å². The van der Waals surface area contributed by atoms with Gasteiger partial charge >= 0.3 is 0 Å². The summed E-state index contributed by atoms with van der Waals surface area (Å²) in [4.78, 5) is 4.01. The molecule has 0 fully saturated rings. The van der Waals surface area contributed by atoms with Crippen LogP contribution in [0.5, 0.6) is 0 Å². The molecule has 0 bridgehead atoms. The molecule has 1 aromatic heterocycles. The Balaban J connectivity index is 2.67. The molecule has 0 unspecified atom stereocenters. The van der Waals surface area contributed by atoms with E-state index in [0.717, 1.165) is 5.56 Å².